The van der Waals surface area contributed by atoms with E-state index >= 15 is 4.39 Å². The van der Waals surface area contributed by atoms with E-state index in [1.165, 1.54) is 17.2 Å². The number of nitrogens with one attached hydrogen (secondary N) is 1. The number of hydrogen-bond donors (Lipinski definition) is 2. The van der Waals surface area contributed by atoms with Crippen molar-refractivity contribution in [1.29, 1.82) is 0 Å². The Bertz CT molecular complexity index is 1360. The van der Waals surface area contributed by atoms with Gasteiger partial charge in [0.05, 0.1) is 17.1 Å². The van der Waals surface area contributed by atoms with Crippen LogP contribution in [0.1, 0.15) is 45.6 Å². The van der Waals surface area contributed by atoms with Gasteiger partial charge in [-0.1, -0.05) is 42.5 Å². The molecule has 0 saturated carbocycles. The van der Waals surface area contributed by atoms with Crippen molar-refractivity contribution in [2.75, 3.05) is 10.2 Å². The minimum absolute atomic E-state index is 0.191. The first-order valence-corrected chi connectivity index (χ1v) is 10.9. The number of hydrogen-bond acceptors (Lipinski definition) is 4. The number of carboxylic acids is 1. The van der Waals surface area contributed by atoms with E-state index in [2.05, 4.69) is 22.3 Å². The number of pyridine rings is 1. The standard InChI is InChI=1S/C27H24FN3O2/c1-16-11-21(17(2)29-24-10-6-5-9-20(24)27(32)33)26-22(12-16)23(28)13-25(30-26)31-14-18-7-3-4-8-19(18)15-31/h3-13,17,29H,14-15H2,1-2H3,(H,32,33)/t17-/m1/s1. The number of benzene rings is 3. The number of carbonyl (C=O) groups is 1. The molecule has 5 rings (SSSR count). The zero-order chi connectivity index (χ0) is 23.1. The number of fused-ring (bicyclic) bond motifs is 2. The number of rotatable bonds is 5. The first-order valence-electron chi connectivity index (χ1n) is 10.9. The Morgan fingerprint density at radius 3 is 2.42 bits per heavy atom. The van der Waals surface area contributed by atoms with Gasteiger partial charge in [-0.2, -0.15) is 0 Å². The summed E-state index contributed by atoms with van der Waals surface area (Å²) in [4.78, 5) is 18.6. The van der Waals surface area contributed by atoms with Gasteiger partial charge in [-0.05, 0) is 48.7 Å². The number of aromatic nitrogens is 1. The summed E-state index contributed by atoms with van der Waals surface area (Å²) in [7, 11) is 0. The average Bonchev–Trinajstić information content (AvgIpc) is 3.23. The lowest BCUT2D eigenvalue weighted by molar-refractivity contribution is 0.0698. The molecule has 0 fully saturated rings. The molecular weight excluding hydrogens is 417 g/mol. The second kappa shape index (κ2) is 8.20. The number of aryl methyl sites for hydroxylation is 1. The molecule has 3 aromatic carbocycles. The van der Waals surface area contributed by atoms with Gasteiger partial charge < -0.3 is 15.3 Å². The molecule has 6 heteroatoms. The highest BCUT2D eigenvalue weighted by Crippen LogP contribution is 2.34. The lowest BCUT2D eigenvalue weighted by Crippen LogP contribution is -2.17. The van der Waals surface area contributed by atoms with Crippen LogP contribution >= 0.6 is 0 Å². The molecule has 33 heavy (non-hydrogen) atoms. The molecule has 0 unspecified atom stereocenters. The van der Waals surface area contributed by atoms with Gasteiger partial charge in [-0.15, -0.1) is 0 Å². The van der Waals surface area contributed by atoms with Gasteiger partial charge >= 0.3 is 5.97 Å². The largest absolute Gasteiger partial charge is 0.478 e. The number of anilines is 2. The number of nitrogens with zero attached hydrogens (tertiary/aromatic N) is 2. The van der Waals surface area contributed by atoms with Crippen LogP contribution in [-0.4, -0.2) is 16.1 Å². The Hall–Kier alpha value is -3.93. The summed E-state index contributed by atoms with van der Waals surface area (Å²) < 4.78 is 15.3. The van der Waals surface area contributed by atoms with Crippen LogP contribution in [0, 0.1) is 12.7 Å². The van der Waals surface area contributed by atoms with Crippen molar-refractivity contribution in [2.24, 2.45) is 0 Å². The van der Waals surface area contributed by atoms with E-state index in [0.717, 1.165) is 11.1 Å². The normalized spacial score (nSPS) is 13.7. The predicted molar refractivity (Wildman–Crippen MR) is 128 cm³/mol. The Kier molecular flexibility index (Phi) is 5.21. The number of para-hydroxylation sites is 1. The molecule has 2 N–H and O–H groups in total. The van der Waals surface area contributed by atoms with E-state index in [9.17, 15) is 9.90 Å². The smallest absolute Gasteiger partial charge is 0.337 e. The molecule has 0 radical (unpaired) electrons. The Morgan fingerprint density at radius 2 is 1.73 bits per heavy atom. The third-order valence-corrected chi connectivity index (χ3v) is 6.18. The molecule has 0 saturated heterocycles. The Morgan fingerprint density at radius 1 is 1.06 bits per heavy atom. The quantitative estimate of drug-likeness (QED) is 0.393. The van der Waals surface area contributed by atoms with E-state index in [-0.39, 0.29) is 17.4 Å². The molecule has 1 aliphatic rings. The molecule has 1 aromatic heterocycles. The van der Waals surface area contributed by atoms with Gasteiger partial charge in [0, 0.05) is 35.8 Å². The maximum absolute atomic E-state index is 15.3. The summed E-state index contributed by atoms with van der Waals surface area (Å²) in [5.41, 5.74) is 5.48. The molecule has 0 bridgehead atoms. The molecule has 0 spiro atoms. The summed E-state index contributed by atoms with van der Waals surface area (Å²) in [6, 6.07) is 20.0. The topological polar surface area (TPSA) is 65.5 Å². The van der Waals surface area contributed by atoms with Crippen LogP contribution in [0.15, 0.2) is 66.7 Å². The summed E-state index contributed by atoms with van der Waals surface area (Å²) in [5.74, 6) is -0.715. The van der Waals surface area contributed by atoms with Crippen molar-refractivity contribution in [2.45, 2.75) is 33.0 Å². The van der Waals surface area contributed by atoms with Crippen LogP contribution < -0.4 is 10.2 Å². The lowest BCUT2D eigenvalue weighted by Gasteiger charge is -2.22. The zero-order valence-electron chi connectivity index (χ0n) is 18.5. The second-order valence-corrected chi connectivity index (χ2v) is 8.55. The van der Waals surface area contributed by atoms with Crippen LogP contribution in [0.3, 0.4) is 0 Å². The van der Waals surface area contributed by atoms with Crippen molar-refractivity contribution in [3.8, 4) is 0 Å². The summed E-state index contributed by atoms with van der Waals surface area (Å²) in [5, 5.41) is 13.3. The van der Waals surface area contributed by atoms with Crippen molar-refractivity contribution in [1.82, 2.24) is 4.98 Å². The van der Waals surface area contributed by atoms with Gasteiger partial charge in [0.1, 0.15) is 11.6 Å². The first kappa shape index (κ1) is 20.9. The van der Waals surface area contributed by atoms with E-state index in [1.54, 1.807) is 24.3 Å². The van der Waals surface area contributed by atoms with Crippen LogP contribution in [0.25, 0.3) is 10.9 Å². The molecule has 1 atom stereocenters. The van der Waals surface area contributed by atoms with Gasteiger partial charge in [-0.25, -0.2) is 14.2 Å². The minimum Gasteiger partial charge on any atom is -0.478 e. The van der Waals surface area contributed by atoms with Gasteiger partial charge in [-0.3, -0.25) is 0 Å². The van der Waals surface area contributed by atoms with E-state index in [4.69, 9.17) is 4.98 Å². The molecule has 1 aliphatic heterocycles. The Labute approximate surface area is 191 Å². The third-order valence-electron chi connectivity index (χ3n) is 6.18. The van der Waals surface area contributed by atoms with E-state index in [0.29, 0.717) is 35.5 Å². The third kappa shape index (κ3) is 3.89. The molecule has 0 amide bonds. The van der Waals surface area contributed by atoms with Crippen LogP contribution in [0.4, 0.5) is 15.9 Å². The van der Waals surface area contributed by atoms with Crippen molar-refractivity contribution in [3.63, 3.8) is 0 Å². The van der Waals surface area contributed by atoms with Crippen LogP contribution in [-0.2, 0) is 13.1 Å². The van der Waals surface area contributed by atoms with Gasteiger partial charge in [0.25, 0.3) is 0 Å². The number of halogens is 1. The lowest BCUT2D eigenvalue weighted by atomic mass is 9.99. The highest BCUT2D eigenvalue weighted by molar-refractivity contribution is 5.94. The summed E-state index contributed by atoms with van der Waals surface area (Å²) in [6.07, 6.45) is 0. The fourth-order valence-electron chi connectivity index (χ4n) is 4.55. The molecular formula is C27H24FN3O2. The molecule has 0 aliphatic carbocycles. The minimum atomic E-state index is -1.00. The van der Waals surface area contributed by atoms with Gasteiger partial charge in [0.2, 0.25) is 0 Å². The number of carboxylic acid groups (broad SMARTS) is 1. The second-order valence-electron chi connectivity index (χ2n) is 8.55. The molecule has 2 heterocycles. The fraction of sp³-hybridized carbons (Fsp3) is 0.185. The van der Waals surface area contributed by atoms with Crippen molar-refractivity contribution < 1.29 is 14.3 Å². The average molecular weight is 442 g/mol. The zero-order valence-corrected chi connectivity index (χ0v) is 18.5. The SMILES string of the molecule is Cc1cc([C@@H](C)Nc2ccccc2C(=O)O)c2nc(N3Cc4ccccc4C3)cc(F)c2c1. The first-order chi connectivity index (χ1) is 15.9. The highest BCUT2D eigenvalue weighted by Gasteiger charge is 2.23. The van der Waals surface area contributed by atoms with Crippen LogP contribution in [0.5, 0.6) is 0 Å². The van der Waals surface area contributed by atoms with Crippen molar-refractivity contribution >= 4 is 28.4 Å². The maximum atomic E-state index is 15.3. The van der Waals surface area contributed by atoms with E-state index in [1.807, 2.05) is 38.1 Å². The molecule has 4 aromatic rings. The predicted octanol–water partition coefficient (Wildman–Crippen LogP) is 6.07. The molecule has 166 valence electrons. The summed E-state index contributed by atoms with van der Waals surface area (Å²) in [6.45, 7) is 5.24. The van der Waals surface area contributed by atoms with Crippen LogP contribution in [0.2, 0.25) is 0 Å². The van der Waals surface area contributed by atoms with E-state index < -0.39 is 5.97 Å². The van der Waals surface area contributed by atoms with Crippen molar-refractivity contribution in [3.05, 3.63) is 100 Å². The fourth-order valence-corrected chi connectivity index (χ4v) is 4.55. The number of aromatic carboxylic acids is 1. The maximum Gasteiger partial charge on any atom is 0.337 e. The monoisotopic (exact) mass is 441 g/mol. The highest BCUT2D eigenvalue weighted by atomic mass is 19.1. The molecule has 5 nitrogen and oxygen atoms in total. The van der Waals surface area contributed by atoms with Gasteiger partial charge in [0.15, 0.2) is 0 Å². The summed E-state index contributed by atoms with van der Waals surface area (Å²) >= 11 is 0. The Balaban J connectivity index is 1.56.